The summed E-state index contributed by atoms with van der Waals surface area (Å²) in [5, 5.41) is 0. The molecule has 1 aliphatic heterocycles. The first kappa shape index (κ1) is 55.6. The van der Waals surface area contributed by atoms with Gasteiger partial charge in [0.2, 0.25) is 0 Å². The van der Waals surface area contributed by atoms with Gasteiger partial charge in [-0.2, -0.15) is 0 Å². The number of quaternary nitrogens is 1. The summed E-state index contributed by atoms with van der Waals surface area (Å²) in [5.74, 6) is -0.942. The monoisotopic (exact) mass is 871 g/mol. The predicted octanol–water partition coefficient (Wildman–Crippen LogP) is 12.1. The van der Waals surface area contributed by atoms with Gasteiger partial charge in [-0.05, 0) is 89.9 Å². The first-order valence-electron chi connectivity index (χ1n) is 22.7. The molecular formula is C50H81NO9P+. The number of phosphoric ester groups is 1. The van der Waals surface area contributed by atoms with Crippen molar-refractivity contribution in [3.05, 3.63) is 109 Å². The number of allylic oxidation sites excluding steroid dienone is 16. The van der Waals surface area contributed by atoms with Crippen LogP contribution in [0, 0.1) is 0 Å². The molecule has 61 heavy (non-hydrogen) atoms. The van der Waals surface area contributed by atoms with E-state index in [0.29, 0.717) is 36.1 Å². The van der Waals surface area contributed by atoms with Crippen molar-refractivity contribution in [2.24, 2.45) is 0 Å². The van der Waals surface area contributed by atoms with Crippen molar-refractivity contribution in [2.45, 2.75) is 148 Å². The van der Waals surface area contributed by atoms with Gasteiger partial charge >= 0.3 is 19.8 Å². The maximum atomic E-state index is 12.7. The molecular weight excluding hydrogens is 790 g/mol. The van der Waals surface area contributed by atoms with Gasteiger partial charge in [0.05, 0.1) is 40.0 Å². The molecule has 0 radical (unpaired) electrons. The Morgan fingerprint density at radius 3 is 1.62 bits per heavy atom. The number of likely N-dealkylation sites (N-methyl/N-ethyl adjacent to an activating group) is 1. The minimum absolute atomic E-state index is 0.00501. The number of esters is 2. The van der Waals surface area contributed by atoms with Crippen molar-refractivity contribution in [2.75, 3.05) is 47.5 Å². The zero-order valence-corrected chi connectivity index (χ0v) is 39.2. The highest BCUT2D eigenvalue weighted by molar-refractivity contribution is 7.47. The van der Waals surface area contributed by atoms with Crippen molar-refractivity contribution >= 4 is 19.8 Å². The second-order valence-electron chi connectivity index (χ2n) is 16.1. The van der Waals surface area contributed by atoms with E-state index in [1.165, 1.54) is 0 Å². The number of rotatable bonds is 38. The number of carbonyl (C=O) groups is 2. The van der Waals surface area contributed by atoms with Gasteiger partial charge < -0.3 is 23.6 Å². The number of unbranched alkanes of at least 4 members (excludes halogenated alkanes) is 4. The molecule has 1 saturated heterocycles. The molecule has 4 atom stereocenters. The molecule has 1 N–H and O–H groups in total. The summed E-state index contributed by atoms with van der Waals surface area (Å²) in [6.07, 6.45) is 53.4. The fourth-order valence-corrected chi connectivity index (χ4v) is 6.34. The molecule has 0 amide bonds. The maximum absolute atomic E-state index is 12.7. The van der Waals surface area contributed by atoms with Gasteiger partial charge in [0.15, 0.2) is 6.10 Å². The van der Waals surface area contributed by atoms with Crippen LogP contribution in [0.15, 0.2) is 109 Å². The number of epoxide rings is 1. The van der Waals surface area contributed by atoms with E-state index in [2.05, 4.69) is 111 Å². The number of phosphoric acid groups is 1. The third-order valence-corrected chi connectivity index (χ3v) is 10.2. The van der Waals surface area contributed by atoms with Crippen LogP contribution >= 0.6 is 7.82 Å². The lowest BCUT2D eigenvalue weighted by molar-refractivity contribution is -0.870. The van der Waals surface area contributed by atoms with Gasteiger partial charge in [-0.25, -0.2) is 4.57 Å². The molecule has 11 heteroatoms. The number of carbonyl (C=O) groups excluding carboxylic acids is 2. The van der Waals surface area contributed by atoms with Crippen molar-refractivity contribution < 1.29 is 46.8 Å². The zero-order valence-electron chi connectivity index (χ0n) is 38.3. The van der Waals surface area contributed by atoms with E-state index in [4.69, 9.17) is 23.3 Å². The first-order chi connectivity index (χ1) is 29.5. The summed E-state index contributed by atoms with van der Waals surface area (Å²) in [7, 11) is 1.39. The minimum atomic E-state index is -4.41. The summed E-state index contributed by atoms with van der Waals surface area (Å²) < 4.78 is 39.9. The molecule has 0 aromatic heterocycles. The fourth-order valence-electron chi connectivity index (χ4n) is 5.60. The van der Waals surface area contributed by atoms with Crippen LogP contribution in [-0.4, -0.2) is 87.1 Å². The topological polar surface area (TPSA) is 121 Å². The van der Waals surface area contributed by atoms with E-state index in [1.807, 2.05) is 33.3 Å². The predicted molar refractivity (Wildman–Crippen MR) is 251 cm³/mol. The van der Waals surface area contributed by atoms with Crippen molar-refractivity contribution in [3.63, 3.8) is 0 Å². The molecule has 0 aromatic carbocycles. The lowest BCUT2D eigenvalue weighted by Gasteiger charge is -2.24. The SMILES string of the molecule is CC/C=C\C/C=C\C/C=C\C/C=C\CCCCCCC(=O)OC[C@H](COP(=O)(O)OCC[N+](C)(C)C)OC(=O)CC/C=C\C/C=C\C/C=C\C/C=C\CC1OC1C/C=C\CC. The average molecular weight is 871 g/mol. The van der Waals surface area contributed by atoms with Gasteiger partial charge in [-0.15, -0.1) is 0 Å². The van der Waals surface area contributed by atoms with Crippen LogP contribution < -0.4 is 0 Å². The molecule has 0 bridgehead atoms. The number of nitrogens with zero attached hydrogens (tertiary/aromatic N) is 1. The fraction of sp³-hybridized carbons (Fsp3) is 0.600. The second-order valence-corrected chi connectivity index (χ2v) is 17.5. The summed E-state index contributed by atoms with van der Waals surface area (Å²) in [6, 6.07) is 0. The van der Waals surface area contributed by atoms with E-state index in [9.17, 15) is 19.0 Å². The van der Waals surface area contributed by atoms with Crippen LogP contribution in [-0.2, 0) is 37.4 Å². The van der Waals surface area contributed by atoms with E-state index < -0.39 is 32.5 Å². The van der Waals surface area contributed by atoms with Gasteiger partial charge in [0.1, 0.15) is 19.8 Å². The Kier molecular flexibility index (Phi) is 33.9. The number of hydrogen-bond acceptors (Lipinski definition) is 8. The van der Waals surface area contributed by atoms with E-state index in [-0.39, 0.29) is 26.1 Å². The molecule has 344 valence electrons. The Morgan fingerprint density at radius 2 is 1.07 bits per heavy atom. The maximum Gasteiger partial charge on any atom is 0.472 e. The van der Waals surface area contributed by atoms with Gasteiger partial charge in [0.25, 0.3) is 0 Å². The normalized spacial score (nSPS) is 17.9. The first-order valence-corrected chi connectivity index (χ1v) is 24.2. The van der Waals surface area contributed by atoms with E-state index in [0.717, 1.165) is 89.9 Å². The summed E-state index contributed by atoms with van der Waals surface area (Å²) >= 11 is 0. The van der Waals surface area contributed by atoms with Crippen LogP contribution in [0.2, 0.25) is 0 Å². The van der Waals surface area contributed by atoms with Crippen LogP contribution in [0.4, 0.5) is 0 Å². The number of ether oxygens (including phenoxy) is 3. The van der Waals surface area contributed by atoms with E-state index >= 15 is 0 Å². The highest BCUT2D eigenvalue weighted by Crippen LogP contribution is 2.43. The third-order valence-electron chi connectivity index (χ3n) is 9.21. The lowest BCUT2D eigenvalue weighted by Crippen LogP contribution is -2.37. The van der Waals surface area contributed by atoms with Gasteiger partial charge in [-0.1, -0.05) is 136 Å². The molecule has 1 heterocycles. The number of hydrogen-bond donors (Lipinski definition) is 1. The largest absolute Gasteiger partial charge is 0.472 e. The second kappa shape index (κ2) is 37.2. The highest BCUT2D eigenvalue weighted by atomic mass is 31.2. The quantitative estimate of drug-likeness (QED) is 0.0161. The summed E-state index contributed by atoms with van der Waals surface area (Å²) in [5.41, 5.74) is 0. The van der Waals surface area contributed by atoms with Crippen LogP contribution in [0.3, 0.4) is 0 Å². The smallest absolute Gasteiger partial charge is 0.462 e. The standard InChI is InChI=1S/C50H80NO9P/c1-6-8-10-11-12-13-14-15-16-17-18-19-23-26-29-32-36-40-49(52)56-44-46(45-58-61(54,55)57-43-42-51(3,4)5)59-50(53)41-37-33-30-27-24-21-20-22-25-28-31-35-39-48-47(60-48)38-34-9-7-2/h8-10,12-13,15-16,18-19,21-22,24-25,30-31,33-35,46-48H,6-7,11,14,17,20,23,26-29,32,36-45H2,1-5H3/p+1/b10-8-,13-12-,16-15-,19-18-,24-21-,25-22-,33-30-,34-9-,35-31-/t46-,47?,48?/m1/s1. The molecule has 1 rings (SSSR count). The Morgan fingerprint density at radius 1 is 0.590 bits per heavy atom. The van der Waals surface area contributed by atoms with Crippen molar-refractivity contribution in [1.82, 2.24) is 0 Å². The van der Waals surface area contributed by atoms with Crippen molar-refractivity contribution in [1.29, 1.82) is 0 Å². The molecule has 0 saturated carbocycles. The summed E-state index contributed by atoms with van der Waals surface area (Å²) in [6.45, 7) is 4.04. The Hall–Kier alpha value is -3.37. The Balaban J connectivity index is 2.35. The Bertz CT molecular complexity index is 1470. The molecule has 0 aliphatic carbocycles. The van der Waals surface area contributed by atoms with Crippen LogP contribution in [0.25, 0.3) is 0 Å². The average Bonchev–Trinajstić information content (AvgIpc) is 3.97. The molecule has 1 fully saturated rings. The molecule has 1 aliphatic rings. The minimum Gasteiger partial charge on any atom is -0.462 e. The zero-order chi connectivity index (χ0) is 44.7. The summed E-state index contributed by atoms with van der Waals surface area (Å²) in [4.78, 5) is 35.4. The molecule has 3 unspecified atom stereocenters. The third kappa shape index (κ3) is 38.1. The Labute approximate surface area is 370 Å². The lowest BCUT2D eigenvalue weighted by atomic mass is 10.1. The molecule has 10 nitrogen and oxygen atoms in total. The van der Waals surface area contributed by atoms with E-state index in [1.54, 1.807) is 0 Å². The van der Waals surface area contributed by atoms with Crippen LogP contribution in [0.5, 0.6) is 0 Å². The molecule has 0 spiro atoms. The highest BCUT2D eigenvalue weighted by Gasteiger charge is 2.36. The molecule has 0 aromatic rings. The van der Waals surface area contributed by atoms with Crippen LogP contribution in [0.1, 0.15) is 129 Å². The van der Waals surface area contributed by atoms with Crippen molar-refractivity contribution in [3.8, 4) is 0 Å². The van der Waals surface area contributed by atoms with Gasteiger partial charge in [0, 0.05) is 12.8 Å². The van der Waals surface area contributed by atoms with Gasteiger partial charge in [-0.3, -0.25) is 18.6 Å².